The van der Waals surface area contributed by atoms with E-state index in [-0.39, 0.29) is 17.2 Å². The fraction of sp³-hybridized carbons (Fsp3) is 0.321. The summed E-state index contributed by atoms with van der Waals surface area (Å²) in [6.07, 6.45) is 9.92. The van der Waals surface area contributed by atoms with E-state index in [0.29, 0.717) is 54.3 Å². The number of hydrogen-bond acceptors (Lipinski definition) is 4. The van der Waals surface area contributed by atoms with Gasteiger partial charge in [-0.15, -0.1) is 5.71 Å². The molecule has 0 unspecified atom stereocenters. The average Bonchev–Trinajstić information content (AvgIpc) is 3.28. The second kappa shape index (κ2) is 11.2. The number of ether oxygens (including phenoxy) is 1. The lowest BCUT2D eigenvalue weighted by molar-refractivity contribution is 0.0710. The summed E-state index contributed by atoms with van der Waals surface area (Å²) >= 11 is 0. The Bertz CT molecular complexity index is 1310. The van der Waals surface area contributed by atoms with Gasteiger partial charge in [0.2, 0.25) is 0 Å². The van der Waals surface area contributed by atoms with E-state index in [1.165, 1.54) is 12.1 Å². The van der Waals surface area contributed by atoms with Crippen LogP contribution in [0, 0.1) is 17.1 Å². The van der Waals surface area contributed by atoms with Crippen molar-refractivity contribution < 1.29 is 13.9 Å². The molecule has 2 aromatic rings. The van der Waals surface area contributed by atoms with Crippen molar-refractivity contribution in [3.63, 3.8) is 0 Å². The number of amides is 1. The SMILES string of the molecule is CN/C=C1/C=C(c2c(-c3ccc(C#N)c(F)c3)cc(C(=O)N3CCCCC3)n2CCOC)C=CC1=[N-]. The van der Waals surface area contributed by atoms with Crippen LogP contribution in [0.1, 0.15) is 41.0 Å². The van der Waals surface area contributed by atoms with Gasteiger partial charge in [-0.2, -0.15) is 5.26 Å². The first-order valence-electron chi connectivity index (χ1n) is 12.0. The summed E-state index contributed by atoms with van der Waals surface area (Å²) in [4.78, 5) is 15.6. The van der Waals surface area contributed by atoms with Crippen molar-refractivity contribution in [1.29, 1.82) is 5.26 Å². The van der Waals surface area contributed by atoms with Crippen molar-refractivity contribution in [3.05, 3.63) is 82.4 Å². The number of rotatable bonds is 7. The largest absolute Gasteiger partial charge is 0.803 e. The van der Waals surface area contributed by atoms with Crippen LogP contribution in [0.4, 0.5) is 4.39 Å². The maximum Gasteiger partial charge on any atom is 0.270 e. The Morgan fingerprint density at radius 2 is 2.03 bits per heavy atom. The van der Waals surface area contributed by atoms with Gasteiger partial charge < -0.3 is 24.9 Å². The lowest BCUT2D eigenvalue weighted by atomic mass is 9.94. The quantitative estimate of drug-likeness (QED) is 0.624. The molecule has 36 heavy (non-hydrogen) atoms. The van der Waals surface area contributed by atoms with Crippen LogP contribution < -0.4 is 5.32 Å². The predicted molar refractivity (Wildman–Crippen MR) is 139 cm³/mol. The summed E-state index contributed by atoms with van der Waals surface area (Å²) in [5, 5.41) is 22.5. The highest BCUT2D eigenvalue weighted by molar-refractivity contribution is 6.17. The van der Waals surface area contributed by atoms with Gasteiger partial charge in [0.15, 0.2) is 0 Å². The Morgan fingerprint density at radius 1 is 1.25 bits per heavy atom. The molecular formula is C28H29FN5O2-. The van der Waals surface area contributed by atoms with Crippen molar-refractivity contribution >= 4 is 17.2 Å². The minimum Gasteiger partial charge on any atom is -0.803 e. The Kier molecular flexibility index (Phi) is 7.81. The zero-order valence-electron chi connectivity index (χ0n) is 20.6. The van der Waals surface area contributed by atoms with Gasteiger partial charge in [-0.25, -0.2) is 4.39 Å². The molecule has 186 valence electrons. The molecular weight excluding hydrogens is 457 g/mol. The molecule has 4 rings (SSSR count). The summed E-state index contributed by atoms with van der Waals surface area (Å²) in [5.41, 5.74) is 3.82. The Balaban J connectivity index is 1.95. The molecule has 0 saturated carbocycles. The molecule has 0 bridgehead atoms. The van der Waals surface area contributed by atoms with Gasteiger partial charge in [-0.05, 0) is 60.2 Å². The minimum atomic E-state index is -0.621. The molecule has 1 amide bonds. The van der Waals surface area contributed by atoms with Crippen LogP contribution >= 0.6 is 0 Å². The molecule has 7 nitrogen and oxygen atoms in total. The summed E-state index contributed by atoms with van der Waals surface area (Å²) in [7, 11) is 3.35. The second-order valence-corrected chi connectivity index (χ2v) is 8.80. The molecule has 1 N–H and O–H groups in total. The van der Waals surface area contributed by atoms with Crippen molar-refractivity contribution in [2.24, 2.45) is 0 Å². The van der Waals surface area contributed by atoms with Gasteiger partial charge in [0.05, 0.1) is 17.9 Å². The number of benzene rings is 1. The number of allylic oxidation sites excluding steroid dienone is 5. The van der Waals surface area contributed by atoms with Crippen molar-refractivity contribution in [3.8, 4) is 17.2 Å². The second-order valence-electron chi connectivity index (χ2n) is 8.80. The topological polar surface area (TPSA) is 92.6 Å². The van der Waals surface area contributed by atoms with Crippen LogP contribution in [0.5, 0.6) is 0 Å². The van der Waals surface area contributed by atoms with Crippen LogP contribution in [0.15, 0.2) is 54.3 Å². The molecule has 0 radical (unpaired) electrons. The van der Waals surface area contributed by atoms with Crippen LogP contribution in [-0.2, 0) is 11.3 Å². The fourth-order valence-corrected chi connectivity index (χ4v) is 4.68. The molecule has 1 aliphatic carbocycles. The Morgan fingerprint density at radius 3 is 2.69 bits per heavy atom. The van der Waals surface area contributed by atoms with E-state index < -0.39 is 5.82 Å². The number of methoxy groups -OCH3 is 1. The van der Waals surface area contributed by atoms with E-state index >= 15 is 0 Å². The molecule has 0 atom stereocenters. The lowest BCUT2D eigenvalue weighted by Crippen LogP contribution is -2.37. The van der Waals surface area contributed by atoms with E-state index in [9.17, 15) is 19.9 Å². The number of nitriles is 1. The summed E-state index contributed by atoms with van der Waals surface area (Å²) in [6.45, 7) is 2.18. The molecule has 1 aromatic carbocycles. The summed E-state index contributed by atoms with van der Waals surface area (Å²) < 4.78 is 22.0. The molecule has 0 spiro atoms. The normalized spacial score (nSPS) is 16.7. The molecule has 1 saturated heterocycles. The lowest BCUT2D eigenvalue weighted by Gasteiger charge is -2.27. The van der Waals surface area contributed by atoms with Crippen molar-refractivity contribution in [1.82, 2.24) is 14.8 Å². The third-order valence-electron chi connectivity index (χ3n) is 6.48. The van der Waals surface area contributed by atoms with Gasteiger partial charge in [-0.3, -0.25) is 4.79 Å². The monoisotopic (exact) mass is 486 g/mol. The maximum absolute atomic E-state index is 14.7. The maximum atomic E-state index is 14.7. The fourth-order valence-electron chi connectivity index (χ4n) is 4.68. The molecule has 2 heterocycles. The smallest absolute Gasteiger partial charge is 0.270 e. The van der Waals surface area contributed by atoms with Crippen molar-refractivity contribution in [2.75, 3.05) is 33.9 Å². The highest BCUT2D eigenvalue weighted by Crippen LogP contribution is 2.36. The summed E-state index contributed by atoms with van der Waals surface area (Å²) in [5.74, 6) is -0.697. The number of piperidine rings is 1. The van der Waals surface area contributed by atoms with Gasteiger partial charge in [0.25, 0.3) is 5.91 Å². The number of carbonyl (C=O) groups is 1. The van der Waals surface area contributed by atoms with Gasteiger partial charge in [0, 0.05) is 45.6 Å². The first-order chi connectivity index (χ1) is 17.5. The minimum absolute atomic E-state index is 0.0423. The number of carbonyl (C=O) groups excluding carboxylic acids is 1. The first-order valence-corrected chi connectivity index (χ1v) is 12.0. The van der Waals surface area contributed by atoms with Crippen LogP contribution in [0.2, 0.25) is 0 Å². The van der Waals surface area contributed by atoms with E-state index in [2.05, 4.69) is 5.32 Å². The Labute approximate surface area is 210 Å². The van der Waals surface area contributed by atoms with E-state index in [1.54, 1.807) is 44.6 Å². The van der Waals surface area contributed by atoms with Gasteiger partial charge in [-0.1, -0.05) is 18.2 Å². The number of nitrogens with zero attached hydrogens (tertiary/aromatic N) is 4. The highest BCUT2D eigenvalue weighted by atomic mass is 19.1. The number of nitrogens with one attached hydrogen (secondary N) is 1. The number of likely N-dealkylation sites (tertiary alicyclic amines) is 1. The predicted octanol–water partition coefficient (Wildman–Crippen LogP) is 4.51. The van der Waals surface area contributed by atoms with Crippen LogP contribution in [0.3, 0.4) is 0 Å². The molecule has 8 heteroatoms. The van der Waals surface area contributed by atoms with Gasteiger partial charge >= 0.3 is 0 Å². The van der Waals surface area contributed by atoms with Crippen LogP contribution in [0.25, 0.3) is 22.1 Å². The van der Waals surface area contributed by atoms with E-state index in [1.807, 2.05) is 21.6 Å². The molecule has 2 aliphatic rings. The standard InChI is InChI=1S/C28H29FN5O2/c1-32-18-22-14-20(8-9-25(22)31)27-23(19-6-7-21(17-30)24(29)15-19)16-26(34(27)12-13-36-2)28(35)33-10-4-3-5-11-33/h6-9,14-16,18,32H,3-5,10-13H2,1-2H3/q-1/b22-18-. The van der Waals surface area contributed by atoms with Crippen molar-refractivity contribution in [2.45, 2.75) is 25.8 Å². The third-order valence-corrected chi connectivity index (χ3v) is 6.48. The number of aromatic nitrogens is 1. The molecule has 1 aliphatic heterocycles. The van der Waals surface area contributed by atoms with Gasteiger partial charge in [0.1, 0.15) is 17.6 Å². The molecule has 1 aromatic heterocycles. The third kappa shape index (κ3) is 5.02. The number of halogens is 1. The van der Waals surface area contributed by atoms with Crippen LogP contribution in [-0.4, -0.2) is 54.9 Å². The summed E-state index contributed by atoms with van der Waals surface area (Å²) in [6, 6.07) is 8.13. The average molecular weight is 487 g/mol. The number of hydrogen-bond donors (Lipinski definition) is 1. The zero-order chi connectivity index (χ0) is 25.7. The van der Waals surface area contributed by atoms with E-state index in [4.69, 9.17) is 4.74 Å². The highest BCUT2D eigenvalue weighted by Gasteiger charge is 2.27. The molecule has 1 fully saturated rings. The zero-order valence-corrected chi connectivity index (χ0v) is 20.6. The Hall–Kier alpha value is -3.96. The first kappa shape index (κ1) is 25.1. The van der Waals surface area contributed by atoms with E-state index in [0.717, 1.165) is 24.8 Å².